The average Bonchev–Trinajstić information content (AvgIpc) is 3.25. The number of nitrogens with zero attached hydrogens (tertiary/aromatic N) is 1. The molecule has 2 unspecified atom stereocenters. The van der Waals surface area contributed by atoms with E-state index in [9.17, 15) is 19.2 Å². The number of hydrogen-bond acceptors (Lipinski definition) is 7. The second kappa shape index (κ2) is 11.3. The van der Waals surface area contributed by atoms with Crippen molar-refractivity contribution in [3.05, 3.63) is 53.4 Å². The van der Waals surface area contributed by atoms with Gasteiger partial charge in [0, 0.05) is 18.5 Å². The largest absolute Gasteiger partial charge is 0.445 e. The van der Waals surface area contributed by atoms with Crippen LogP contribution in [-0.2, 0) is 38.7 Å². The number of aromatic nitrogens is 1. The van der Waals surface area contributed by atoms with Crippen LogP contribution >= 0.6 is 0 Å². The van der Waals surface area contributed by atoms with Crippen LogP contribution in [0.5, 0.6) is 0 Å². The second-order valence-electron chi connectivity index (χ2n) is 8.20. The summed E-state index contributed by atoms with van der Waals surface area (Å²) in [6.07, 6.45) is 2.02. The fourth-order valence-corrected chi connectivity index (χ4v) is 3.48. The van der Waals surface area contributed by atoms with Crippen LogP contribution in [0.15, 0.2) is 41.1 Å². The summed E-state index contributed by atoms with van der Waals surface area (Å²) in [4.78, 5) is 50.1. The molecule has 0 aliphatic carbocycles. The van der Waals surface area contributed by atoms with E-state index in [4.69, 9.17) is 9.26 Å². The van der Waals surface area contributed by atoms with Crippen LogP contribution in [0.1, 0.15) is 43.6 Å². The van der Waals surface area contributed by atoms with E-state index in [0.29, 0.717) is 18.6 Å². The van der Waals surface area contributed by atoms with E-state index in [1.165, 1.54) is 6.20 Å². The van der Waals surface area contributed by atoms with Crippen LogP contribution in [0.25, 0.3) is 0 Å². The first-order valence-corrected chi connectivity index (χ1v) is 10.9. The molecule has 0 radical (unpaired) electrons. The summed E-state index contributed by atoms with van der Waals surface area (Å²) in [6.45, 7) is 3.70. The lowest BCUT2D eigenvalue weighted by Crippen LogP contribution is -2.55. The Morgan fingerprint density at radius 1 is 1.24 bits per heavy atom. The molecule has 1 aliphatic rings. The van der Waals surface area contributed by atoms with Gasteiger partial charge in [-0.3, -0.25) is 14.4 Å². The summed E-state index contributed by atoms with van der Waals surface area (Å²) in [7, 11) is 0. The van der Waals surface area contributed by atoms with E-state index in [2.05, 4.69) is 21.1 Å². The molecule has 2 atom stereocenters. The lowest BCUT2D eigenvalue weighted by atomic mass is 9.99. The quantitative estimate of drug-likeness (QED) is 0.561. The summed E-state index contributed by atoms with van der Waals surface area (Å²) in [5.41, 5.74) is 1.53. The predicted molar refractivity (Wildman–Crippen MR) is 117 cm³/mol. The molecule has 0 bridgehead atoms. The number of benzene rings is 1. The summed E-state index contributed by atoms with van der Waals surface area (Å²) in [5.74, 6) is -1.75. The number of rotatable bonds is 6. The summed E-state index contributed by atoms with van der Waals surface area (Å²) in [5, 5.41) is 11.4. The van der Waals surface area contributed by atoms with Crippen molar-refractivity contribution in [2.45, 2.75) is 58.3 Å². The van der Waals surface area contributed by atoms with Crippen LogP contribution in [-0.4, -0.2) is 40.9 Å². The SMILES string of the molecule is CC(C)C(NC(=O)OCc1ccccc1)C(=O)NC1CCCc2oncc2CNC(=O)C1=O. The lowest BCUT2D eigenvalue weighted by Gasteiger charge is -2.25. The van der Waals surface area contributed by atoms with Crippen molar-refractivity contribution in [1.29, 1.82) is 0 Å². The van der Waals surface area contributed by atoms with Crippen molar-refractivity contribution in [2.75, 3.05) is 0 Å². The molecule has 0 fully saturated rings. The number of ketones is 1. The number of nitrogens with one attached hydrogen (secondary N) is 3. The first-order valence-electron chi connectivity index (χ1n) is 10.9. The van der Waals surface area contributed by atoms with Crippen LogP contribution in [0.2, 0.25) is 0 Å². The summed E-state index contributed by atoms with van der Waals surface area (Å²) >= 11 is 0. The van der Waals surface area contributed by atoms with Gasteiger partial charge in [0.15, 0.2) is 0 Å². The third-order valence-corrected chi connectivity index (χ3v) is 5.36. The number of amides is 3. The Morgan fingerprint density at radius 2 is 2.00 bits per heavy atom. The van der Waals surface area contributed by atoms with E-state index in [1.54, 1.807) is 13.8 Å². The topological polar surface area (TPSA) is 140 Å². The molecule has 2 heterocycles. The highest BCUT2D eigenvalue weighted by Gasteiger charge is 2.32. The zero-order valence-electron chi connectivity index (χ0n) is 18.6. The van der Waals surface area contributed by atoms with Gasteiger partial charge in [-0.25, -0.2) is 4.79 Å². The Labute approximate surface area is 191 Å². The van der Waals surface area contributed by atoms with E-state index in [-0.39, 0.29) is 25.5 Å². The number of ether oxygens (including phenoxy) is 1. The molecule has 2 aromatic rings. The maximum absolute atomic E-state index is 12.9. The third kappa shape index (κ3) is 6.64. The highest BCUT2D eigenvalue weighted by Crippen LogP contribution is 2.15. The zero-order valence-corrected chi connectivity index (χ0v) is 18.6. The summed E-state index contributed by atoms with van der Waals surface area (Å²) in [6, 6.07) is 7.18. The predicted octanol–water partition coefficient (Wildman–Crippen LogP) is 1.63. The van der Waals surface area contributed by atoms with Gasteiger partial charge >= 0.3 is 6.09 Å². The maximum atomic E-state index is 12.9. The Hall–Kier alpha value is -3.69. The highest BCUT2D eigenvalue weighted by molar-refractivity contribution is 6.38. The first-order chi connectivity index (χ1) is 15.8. The van der Waals surface area contributed by atoms with Gasteiger partial charge in [-0.15, -0.1) is 0 Å². The van der Waals surface area contributed by atoms with Crippen molar-refractivity contribution in [3.63, 3.8) is 0 Å². The minimum atomic E-state index is -1.02. The number of carbonyl (C=O) groups excluding carboxylic acids is 4. The molecule has 1 aromatic heterocycles. The highest BCUT2D eigenvalue weighted by atomic mass is 16.5. The van der Waals surface area contributed by atoms with E-state index >= 15 is 0 Å². The Kier molecular flexibility index (Phi) is 8.17. The van der Waals surface area contributed by atoms with Crippen LogP contribution in [0, 0.1) is 5.92 Å². The Balaban J connectivity index is 1.61. The number of hydrogen-bond donors (Lipinski definition) is 3. The molecule has 1 aromatic carbocycles. The monoisotopic (exact) mass is 456 g/mol. The molecule has 3 amide bonds. The molecule has 1 aliphatic heterocycles. The van der Waals surface area contributed by atoms with Gasteiger partial charge in [-0.05, 0) is 24.3 Å². The van der Waals surface area contributed by atoms with Gasteiger partial charge in [-0.2, -0.15) is 0 Å². The van der Waals surface area contributed by atoms with E-state index in [0.717, 1.165) is 11.1 Å². The molecule has 176 valence electrons. The van der Waals surface area contributed by atoms with Gasteiger partial charge in [0.1, 0.15) is 18.4 Å². The molecule has 33 heavy (non-hydrogen) atoms. The Bertz CT molecular complexity index is 988. The van der Waals surface area contributed by atoms with Crippen molar-refractivity contribution in [3.8, 4) is 0 Å². The fraction of sp³-hybridized carbons (Fsp3) is 0.435. The molecular weight excluding hydrogens is 428 g/mol. The minimum absolute atomic E-state index is 0.0595. The van der Waals surface area contributed by atoms with Crippen molar-refractivity contribution < 1.29 is 28.4 Å². The average molecular weight is 456 g/mol. The fourth-order valence-electron chi connectivity index (χ4n) is 3.48. The normalized spacial score (nSPS) is 17.5. The minimum Gasteiger partial charge on any atom is -0.445 e. The molecule has 3 rings (SSSR count). The third-order valence-electron chi connectivity index (χ3n) is 5.36. The lowest BCUT2D eigenvalue weighted by molar-refractivity contribution is -0.140. The maximum Gasteiger partial charge on any atom is 0.408 e. The van der Waals surface area contributed by atoms with Gasteiger partial charge in [-0.1, -0.05) is 49.3 Å². The molecule has 3 N–H and O–H groups in total. The number of Topliss-reactive ketones (excluding diaryl/α,β-unsaturated/α-hetero) is 1. The van der Waals surface area contributed by atoms with Gasteiger partial charge in [0.05, 0.1) is 12.2 Å². The number of aryl methyl sites for hydroxylation is 1. The standard InChI is InChI=1S/C23H28N4O6/c1-14(2)19(27-23(31)32-13-15-7-4-3-5-8-15)21(29)26-17-9-6-10-18-16(12-25-33-18)11-24-22(30)20(17)28/h3-5,7-8,12,14,17,19H,6,9-11,13H2,1-2H3,(H,24,30)(H,26,29)(H,27,31). The Morgan fingerprint density at radius 3 is 2.73 bits per heavy atom. The first kappa shape index (κ1) is 24.0. The van der Waals surface area contributed by atoms with E-state index in [1.807, 2.05) is 30.3 Å². The van der Waals surface area contributed by atoms with Crippen molar-refractivity contribution in [2.24, 2.45) is 5.92 Å². The van der Waals surface area contributed by atoms with Crippen molar-refractivity contribution in [1.82, 2.24) is 21.1 Å². The van der Waals surface area contributed by atoms with Crippen LogP contribution in [0.3, 0.4) is 0 Å². The molecular formula is C23H28N4O6. The van der Waals surface area contributed by atoms with Gasteiger partial charge in [0.2, 0.25) is 11.7 Å². The second-order valence-corrected chi connectivity index (χ2v) is 8.20. The molecule has 10 heteroatoms. The van der Waals surface area contributed by atoms with Crippen LogP contribution < -0.4 is 16.0 Å². The molecule has 0 spiro atoms. The van der Waals surface area contributed by atoms with E-state index < -0.39 is 35.8 Å². The summed E-state index contributed by atoms with van der Waals surface area (Å²) < 4.78 is 10.4. The van der Waals surface area contributed by atoms with Gasteiger partial charge < -0.3 is 25.2 Å². The molecule has 10 nitrogen and oxygen atoms in total. The number of carbonyl (C=O) groups is 4. The smallest absolute Gasteiger partial charge is 0.408 e. The number of fused-ring (bicyclic) bond motifs is 1. The molecule has 0 saturated heterocycles. The van der Waals surface area contributed by atoms with Gasteiger partial charge in [0.25, 0.3) is 5.91 Å². The van der Waals surface area contributed by atoms with Crippen molar-refractivity contribution >= 4 is 23.7 Å². The number of alkyl carbamates (subject to hydrolysis) is 1. The van der Waals surface area contributed by atoms with Crippen LogP contribution in [0.4, 0.5) is 4.79 Å². The molecule has 0 saturated carbocycles. The zero-order chi connectivity index (χ0) is 23.8.